The van der Waals surface area contributed by atoms with E-state index in [1.807, 2.05) is 6.07 Å². The number of ether oxygens (including phenoxy) is 2. The van der Waals surface area contributed by atoms with Crippen molar-refractivity contribution in [2.24, 2.45) is 11.1 Å². The Balaban J connectivity index is 1.80. The van der Waals surface area contributed by atoms with E-state index < -0.39 is 0 Å². The first-order valence-corrected chi connectivity index (χ1v) is 5.90. The van der Waals surface area contributed by atoms with Crippen LogP contribution in [0.15, 0.2) is 18.2 Å². The first kappa shape index (κ1) is 9.97. The molecule has 0 saturated heterocycles. The normalized spacial score (nSPS) is 20.6. The lowest BCUT2D eigenvalue weighted by Gasteiger charge is -2.41. The summed E-state index contributed by atoms with van der Waals surface area (Å²) in [7, 11) is 0. The molecule has 3 rings (SSSR count). The van der Waals surface area contributed by atoms with Gasteiger partial charge < -0.3 is 15.2 Å². The minimum atomic E-state index is 0.348. The van der Waals surface area contributed by atoms with Crippen LogP contribution in [0, 0.1) is 5.41 Å². The van der Waals surface area contributed by atoms with Crippen molar-refractivity contribution >= 4 is 0 Å². The summed E-state index contributed by atoms with van der Waals surface area (Å²) < 4.78 is 10.7. The molecular weight excluding hydrogens is 202 g/mol. The summed E-state index contributed by atoms with van der Waals surface area (Å²) >= 11 is 0. The molecule has 0 radical (unpaired) electrons. The third kappa shape index (κ3) is 1.55. The van der Waals surface area contributed by atoms with Crippen molar-refractivity contribution in [3.05, 3.63) is 23.8 Å². The molecule has 1 aliphatic heterocycles. The van der Waals surface area contributed by atoms with E-state index in [1.54, 1.807) is 0 Å². The average Bonchev–Trinajstić information content (AvgIpc) is 2.70. The Labute approximate surface area is 95.5 Å². The van der Waals surface area contributed by atoms with E-state index in [4.69, 9.17) is 15.2 Å². The van der Waals surface area contributed by atoms with Gasteiger partial charge in [-0.05, 0) is 48.9 Å². The van der Waals surface area contributed by atoms with Crippen LogP contribution in [-0.2, 0) is 6.42 Å². The van der Waals surface area contributed by atoms with Crippen molar-refractivity contribution in [1.29, 1.82) is 0 Å². The number of nitrogens with two attached hydrogens (primary N) is 1. The predicted molar refractivity (Wildman–Crippen MR) is 61.6 cm³/mol. The third-order valence-electron chi connectivity index (χ3n) is 3.86. The maximum Gasteiger partial charge on any atom is 0.231 e. The molecule has 3 heteroatoms. The van der Waals surface area contributed by atoms with Gasteiger partial charge in [0.25, 0.3) is 0 Å². The molecule has 1 fully saturated rings. The summed E-state index contributed by atoms with van der Waals surface area (Å²) in [5.41, 5.74) is 7.54. The zero-order chi connectivity index (χ0) is 11.0. The van der Waals surface area contributed by atoms with Crippen molar-refractivity contribution in [3.63, 3.8) is 0 Å². The SMILES string of the molecule is NCC1(Cc2ccc3c(c2)OCO3)CCC1. The van der Waals surface area contributed by atoms with Gasteiger partial charge in [-0.15, -0.1) is 0 Å². The molecule has 0 atom stereocenters. The fraction of sp³-hybridized carbons (Fsp3) is 0.538. The van der Waals surface area contributed by atoms with Crippen LogP contribution in [0.2, 0.25) is 0 Å². The van der Waals surface area contributed by atoms with Gasteiger partial charge in [0, 0.05) is 0 Å². The second kappa shape index (κ2) is 3.67. The zero-order valence-electron chi connectivity index (χ0n) is 9.37. The van der Waals surface area contributed by atoms with E-state index in [2.05, 4.69) is 12.1 Å². The number of rotatable bonds is 3. The van der Waals surface area contributed by atoms with E-state index in [0.29, 0.717) is 12.2 Å². The lowest BCUT2D eigenvalue weighted by Crippen LogP contribution is -2.39. The number of benzene rings is 1. The molecular formula is C13H17NO2. The van der Waals surface area contributed by atoms with Crippen LogP contribution < -0.4 is 15.2 Å². The fourth-order valence-electron chi connectivity index (χ4n) is 2.61. The Bertz CT molecular complexity index is 393. The lowest BCUT2D eigenvalue weighted by atomic mass is 9.65. The van der Waals surface area contributed by atoms with Gasteiger partial charge >= 0.3 is 0 Å². The van der Waals surface area contributed by atoms with Crippen LogP contribution in [-0.4, -0.2) is 13.3 Å². The highest BCUT2D eigenvalue weighted by molar-refractivity contribution is 5.44. The lowest BCUT2D eigenvalue weighted by molar-refractivity contribution is 0.144. The van der Waals surface area contributed by atoms with E-state index in [0.717, 1.165) is 24.5 Å². The number of fused-ring (bicyclic) bond motifs is 1. The van der Waals surface area contributed by atoms with Gasteiger partial charge in [0.1, 0.15) is 0 Å². The van der Waals surface area contributed by atoms with E-state index in [-0.39, 0.29) is 0 Å². The summed E-state index contributed by atoms with van der Waals surface area (Å²) in [4.78, 5) is 0. The van der Waals surface area contributed by atoms with Crippen molar-refractivity contribution in [3.8, 4) is 11.5 Å². The molecule has 0 unspecified atom stereocenters. The van der Waals surface area contributed by atoms with Crippen molar-refractivity contribution in [1.82, 2.24) is 0 Å². The van der Waals surface area contributed by atoms with E-state index >= 15 is 0 Å². The van der Waals surface area contributed by atoms with Gasteiger partial charge in [0.05, 0.1) is 0 Å². The highest BCUT2D eigenvalue weighted by atomic mass is 16.7. The Morgan fingerprint density at radius 2 is 2.00 bits per heavy atom. The molecule has 2 aliphatic rings. The molecule has 0 amide bonds. The fourth-order valence-corrected chi connectivity index (χ4v) is 2.61. The maximum atomic E-state index is 5.87. The van der Waals surface area contributed by atoms with Crippen LogP contribution in [0.4, 0.5) is 0 Å². The summed E-state index contributed by atoms with van der Waals surface area (Å²) in [5.74, 6) is 1.74. The average molecular weight is 219 g/mol. The largest absolute Gasteiger partial charge is 0.454 e. The molecule has 2 N–H and O–H groups in total. The Morgan fingerprint density at radius 1 is 1.19 bits per heavy atom. The van der Waals surface area contributed by atoms with E-state index in [1.165, 1.54) is 24.8 Å². The molecule has 1 aliphatic carbocycles. The monoisotopic (exact) mass is 219 g/mol. The molecule has 86 valence electrons. The minimum Gasteiger partial charge on any atom is -0.454 e. The number of hydrogen-bond donors (Lipinski definition) is 1. The Kier molecular flexibility index (Phi) is 2.28. The summed E-state index contributed by atoms with van der Waals surface area (Å²) in [5, 5.41) is 0. The van der Waals surface area contributed by atoms with Crippen molar-refractivity contribution in [2.75, 3.05) is 13.3 Å². The highest BCUT2D eigenvalue weighted by Gasteiger charge is 2.35. The van der Waals surface area contributed by atoms with Crippen LogP contribution >= 0.6 is 0 Å². The third-order valence-corrected chi connectivity index (χ3v) is 3.86. The van der Waals surface area contributed by atoms with Crippen LogP contribution in [0.25, 0.3) is 0 Å². The molecule has 1 aromatic carbocycles. The first-order chi connectivity index (χ1) is 7.81. The van der Waals surface area contributed by atoms with Gasteiger partial charge in [-0.2, -0.15) is 0 Å². The second-order valence-electron chi connectivity index (χ2n) is 4.92. The Morgan fingerprint density at radius 3 is 2.69 bits per heavy atom. The van der Waals surface area contributed by atoms with Crippen LogP contribution in [0.3, 0.4) is 0 Å². The summed E-state index contributed by atoms with van der Waals surface area (Å²) in [6, 6.07) is 6.22. The smallest absolute Gasteiger partial charge is 0.231 e. The molecule has 1 saturated carbocycles. The van der Waals surface area contributed by atoms with Crippen molar-refractivity contribution < 1.29 is 9.47 Å². The zero-order valence-corrected chi connectivity index (χ0v) is 9.37. The van der Waals surface area contributed by atoms with Gasteiger partial charge in [-0.3, -0.25) is 0 Å². The highest BCUT2D eigenvalue weighted by Crippen LogP contribution is 2.44. The summed E-state index contributed by atoms with van der Waals surface area (Å²) in [6.45, 7) is 1.14. The predicted octanol–water partition coefficient (Wildman–Crippen LogP) is 2.09. The Hall–Kier alpha value is -1.22. The molecule has 3 nitrogen and oxygen atoms in total. The number of hydrogen-bond acceptors (Lipinski definition) is 3. The standard InChI is InChI=1S/C13H17NO2/c14-8-13(4-1-5-13)7-10-2-3-11-12(6-10)16-9-15-11/h2-3,6H,1,4-5,7-9,14H2. The topological polar surface area (TPSA) is 44.5 Å². The molecule has 1 heterocycles. The van der Waals surface area contributed by atoms with Crippen LogP contribution in [0.1, 0.15) is 24.8 Å². The van der Waals surface area contributed by atoms with Crippen LogP contribution in [0.5, 0.6) is 11.5 Å². The van der Waals surface area contributed by atoms with E-state index in [9.17, 15) is 0 Å². The van der Waals surface area contributed by atoms with Gasteiger partial charge in [-0.1, -0.05) is 12.5 Å². The molecule has 0 bridgehead atoms. The summed E-state index contributed by atoms with van der Waals surface area (Å²) in [6.07, 6.45) is 4.91. The molecule has 1 aromatic rings. The second-order valence-corrected chi connectivity index (χ2v) is 4.92. The molecule has 0 aromatic heterocycles. The van der Waals surface area contributed by atoms with Gasteiger partial charge in [-0.25, -0.2) is 0 Å². The van der Waals surface area contributed by atoms with Gasteiger partial charge in [0.2, 0.25) is 6.79 Å². The first-order valence-electron chi connectivity index (χ1n) is 5.90. The van der Waals surface area contributed by atoms with Gasteiger partial charge in [0.15, 0.2) is 11.5 Å². The van der Waals surface area contributed by atoms with Crippen molar-refractivity contribution in [2.45, 2.75) is 25.7 Å². The maximum absolute atomic E-state index is 5.87. The molecule has 16 heavy (non-hydrogen) atoms. The molecule has 0 spiro atoms. The quantitative estimate of drug-likeness (QED) is 0.846. The minimum absolute atomic E-state index is 0.348.